The average Bonchev–Trinajstić information content (AvgIpc) is 2.70. The molecule has 0 aromatic heterocycles. The van der Waals surface area contributed by atoms with Gasteiger partial charge in [-0.2, -0.15) is 0 Å². The van der Waals surface area contributed by atoms with Gasteiger partial charge in [0.25, 0.3) is 5.91 Å². The Bertz CT molecular complexity index is 806. The second-order valence-electron chi connectivity index (χ2n) is 5.83. The Morgan fingerprint density at radius 3 is 2.25 bits per heavy atom. The minimum atomic E-state index is -1.03. The molecule has 1 aliphatic rings. The number of nitrogens with zero attached hydrogens (tertiary/aromatic N) is 1. The Morgan fingerprint density at radius 1 is 1.08 bits per heavy atom. The van der Waals surface area contributed by atoms with Crippen LogP contribution in [0, 0.1) is 0 Å². The molecule has 24 heavy (non-hydrogen) atoms. The molecule has 0 radical (unpaired) electrons. The second-order valence-corrected chi connectivity index (χ2v) is 7.62. The molecule has 2 aromatic carbocycles. The molecule has 4 nitrogen and oxygen atoms in total. The van der Waals surface area contributed by atoms with E-state index in [-0.39, 0.29) is 5.91 Å². The molecule has 1 aliphatic heterocycles. The lowest BCUT2D eigenvalue weighted by atomic mass is 9.93. The van der Waals surface area contributed by atoms with E-state index in [2.05, 4.69) is 21.2 Å². The van der Waals surface area contributed by atoms with Crippen molar-refractivity contribution in [2.24, 2.45) is 0 Å². The number of carbonyl (C=O) groups excluding carboxylic acids is 2. The summed E-state index contributed by atoms with van der Waals surface area (Å²) in [7, 11) is 0. The average molecular weight is 428 g/mol. The highest BCUT2D eigenvalue weighted by atomic mass is 79.9. The minimum Gasteiger partial charge on any atom is -0.323 e. The fraction of sp³-hybridized carbons (Fsp3) is 0.176. The zero-order valence-electron chi connectivity index (χ0n) is 12.6. The van der Waals surface area contributed by atoms with E-state index < -0.39 is 11.6 Å². The number of urea groups is 1. The number of carbonyl (C=O) groups is 2. The van der Waals surface area contributed by atoms with Crippen molar-refractivity contribution in [1.29, 1.82) is 0 Å². The molecule has 0 aliphatic carbocycles. The number of halogens is 3. The molecule has 1 N–H and O–H groups in total. The first-order valence-electron chi connectivity index (χ1n) is 7.16. The quantitative estimate of drug-likeness (QED) is 0.714. The monoisotopic (exact) mass is 426 g/mol. The van der Waals surface area contributed by atoms with E-state index in [1.807, 2.05) is 24.3 Å². The van der Waals surface area contributed by atoms with E-state index >= 15 is 0 Å². The second kappa shape index (κ2) is 6.39. The summed E-state index contributed by atoms with van der Waals surface area (Å²) in [4.78, 5) is 26.3. The molecule has 3 amide bonds. The van der Waals surface area contributed by atoms with E-state index in [1.54, 1.807) is 13.0 Å². The van der Waals surface area contributed by atoms with Gasteiger partial charge < -0.3 is 5.32 Å². The third-order valence-corrected chi connectivity index (χ3v) is 4.80. The van der Waals surface area contributed by atoms with Crippen molar-refractivity contribution >= 4 is 56.8 Å². The van der Waals surface area contributed by atoms with Gasteiger partial charge in [0.05, 0.1) is 5.69 Å². The maximum Gasteiger partial charge on any atom is 0.329 e. The zero-order chi connectivity index (χ0) is 17.5. The van der Waals surface area contributed by atoms with Crippen LogP contribution in [0.25, 0.3) is 0 Å². The Kier molecular flexibility index (Phi) is 4.60. The smallest absolute Gasteiger partial charge is 0.323 e. The van der Waals surface area contributed by atoms with Crippen LogP contribution in [-0.4, -0.2) is 17.5 Å². The Morgan fingerprint density at radius 2 is 1.67 bits per heavy atom. The Labute approximate surface area is 157 Å². The highest BCUT2D eigenvalue weighted by molar-refractivity contribution is 9.10. The van der Waals surface area contributed by atoms with Crippen LogP contribution in [0.5, 0.6) is 0 Å². The molecular formula is C17H13BrCl2N2O2. The zero-order valence-corrected chi connectivity index (χ0v) is 15.7. The predicted octanol–water partition coefficient (Wildman–Crippen LogP) is 4.81. The van der Waals surface area contributed by atoms with Crippen LogP contribution in [0.2, 0.25) is 10.0 Å². The molecule has 0 spiro atoms. The van der Waals surface area contributed by atoms with Crippen molar-refractivity contribution < 1.29 is 9.59 Å². The topological polar surface area (TPSA) is 49.4 Å². The van der Waals surface area contributed by atoms with Gasteiger partial charge in [0.2, 0.25) is 0 Å². The fourth-order valence-electron chi connectivity index (χ4n) is 2.72. The first-order chi connectivity index (χ1) is 11.3. The maximum atomic E-state index is 12.9. The van der Waals surface area contributed by atoms with Crippen LogP contribution in [-0.2, 0) is 11.2 Å². The van der Waals surface area contributed by atoms with Crippen LogP contribution in [0.15, 0.2) is 46.9 Å². The van der Waals surface area contributed by atoms with E-state index in [4.69, 9.17) is 23.2 Å². The summed E-state index contributed by atoms with van der Waals surface area (Å²) in [5, 5.41) is 3.49. The Hall–Kier alpha value is -1.56. The van der Waals surface area contributed by atoms with Gasteiger partial charge in [0.1, 0.15) is 5.54 Å². The Balaban J connectivity index is 1.91. The molecule has 3 rings (SSSR count). The number of benzene rings is 2. The number of hydrogen-bond acceptors (Lipinski definition) is 2. The summed E-state index contributed by atoms with van der Waals surface area (Å²) >= 11 is 15.3. The summed E-state index contributed by atoms with van der Waals surface area (Å²) in [6.07, 6.45) is 0.385. The summed E-state index contributed by atoms with van der Waals surface area (Å²) in [6.45, 7) is 1.71. The molecule has 1 saturated heterocycles. The number of nitrogens with one attached hydrogen (secondary N) is 1. The molecular weight excluding hydrogens is 415 g/mol. The van der Waals surface area contributed by atoms with E-state index in [9.17, 15) is 9.59 Å². The molecule has 124 valence electrons. The van der Waals surface area contributed by atoms with Gasteiger partial charge in [0.15, 0.2) is 0 Å². The molecule has 2 aromatic rings. The summed E-state index contributed by atoms with van der Waals surface area (Å²) in [5.41, 5.74) is 0.273. The molecule has 7 heteroatoms. The lowest BCUT2D eigenvalue weighted by molar-refractivity contribution is -0.121. The first-order valence-corrected chi connectivity index (χ1v) is 8.71. The normalized spacial score (nSPS) is 20.4. The van der Waals surface area contributed by atoms with Gasteiger partial charge in [0, 0.05) is 20.9 Å². The van der Waals surface area contributed by atoms with Crippen LogP contribution >= 0.6 is 39.1 Å². The van der Waals surface area contributed by atoms with Crippen LogP contribution in [0.1, 0.15) is 12.5 Å². The van der Waals surface area contributed by atoms with Crippen LogP contribution in [0.4, 0.5) is 10.5 Å². The van der Waals surface area contributed by atoms with E-state index in [0.717, 1.165) is 14.9 Å². The van der Waals surface area contributed by atoms with Crippen molar-refractivity contribution in [1.82, 2.24) is 5.32 Å². The fourth-order valence-corrected chi connectivity index (χ4v) is 3.50. The summed E-state index contributed by atoms with van der Waals surface area (Å²) in [5.74, 6) is -0.339. The predicted molar refractivity (Wildman–Crippen MR) is 98.7 cm³/mol. The van der Waals surface area contributed by atoms with Gasteiger partial charge in [-0.05, 0) is 42.8 Å². The van der Waals surface area contributed by atoms with Gasteiger partial charge in [-0.25, -0.2) is 9.69 Å². The molecule has 1 atom stereocenters. The third-order valence-electron chi connectivity index (χ3n) is 3.84. The molecule has 0 bridgehead atoms. The van der Waals surface area contributed by atoms with E-state index in [0.29, 0.717) is 22.2 Å². The highest BCUT2D eigenvalue weighted by Crippen LogP contribution is 2.31. The van der Waals surface area contributed by atoms with E-state index in [1.165, 1.54) is 12.1 Å². The number of anilines is 1. The SMILES string of the molecule is C[C@@]1(Cc2ccc(Br)cc2)NC(=O)N(c2cc(Cl)cc(Cl)c2)C1=O. The molecule has 0 unspecified atom stereocenters. The van der Waals surface area contributed by atoms with Crippen molar-refractivity contribution in [3.63, 3.8) is 0 Å². The van der Waals surface area contributed by atoms with Crippen LogP contribution in [0.3, 0.4) is 0 Å². The molecule has 1 heterocycles. The van der Waals surface area contributed by atoms with Crippen molar-refractivity contribution in [3.05, 3.63) is 62.5 Å². The number of hydrogen-bond donors (Lipinski definition) is 1. The largest absolute Gasteiger partial charge is 0.329 e. The van der Waals surface area contributed by atoms with Crippen LogP contribution < -0.4 is 10.2 Å². The summed E-state index contributed by atoms with van der Waals surface area (Å²) < 4.78 is 0.952. The third kappa shape index (κ3) is 3.29. The summed E-state index contributed by atoms with van der Waals surface area (Å²) in [6, 6.07) is 11.8. The first kappa shape index (κ1) is 17.3. The van der Waals surface area contributed by atoms with Gasteiger partial charge in [-0.1, -0.05) is 51.3 Å². The molecule has 1 fully saturated rings. The van der Waals surface area contributed by atoms with Gasteiger partial charge in [-0.15, -0.1) is 0 Å². The number of amides is 3. The van der Waals surface area contributed by atoms with Gasteiger partial charge in [-0.3, -0.25) is 4.79 Å². The standard InChI is InChI=1S/C17H13BrCl2N2O2/c1-17(9-10-2-4-11(18)5-3-10)15(23)22(16(24)21-17)14-7-12(19)6-13(20)8-14/h2-8H,9H2,1H3,(H,21,24)/t17-/m0/s1. The number of imide groups is 1. The maximum absolute atomic E-state index is 12.9. The lowest BCUT2D eigenvalue weighted by Gasteiger charge is -2.22. The van der Waals surface area contributed by atoms with Crippen molar-refractivity contribution in [2.75, 3.05) is 4.90 Å². The van der Waals surface area contributed by atoms with Crippen molar-refractivity contribution in [3.8, 4) is 0 Å². The number of rotatable bonds is 3. The molecule has 0 saturated carbocycles. The lowest BCUT2D eigenvalue weighted by Crippen LogP contribution is -2.46. The minimum absolute atomic E-state index is 0.339. The van der Waals surface area contributed by atoms with Crippen molar-refractivity contribution in [2.45, 2.75) is 18.9 Å². The highest BCUT2D eigenvalue weighted by Gasteiger charge is 2.48. The van der Waals surface area contributed by atoms with Gasteiger partial charge >= 0.3 is 6.03 Å².